The summed E-state index contributed by atoms with van der Waals surface area (Å²) in [6, 6.07) is 1.98. The number of carboxylic acids is 1. The first-order chi connectivity index (χ1) is 7.96. The number of aryl methyl sites for hydroxylation is 2. The minimum atomic E-state index is -0.933. The minimum absolute atomic E-state index is 0.423. The highest BCUT2D eigenvalue weighted by atomic mass is 16.4. The van der Waals surface area contributed by atoms with E-state index in [9.17, 15) is 9.90 Å². The zero-order valence-electron chi connectivity index (χ0n) is 10.7. The van der Waals surface area contributed by atoms with Crippen LogP contribution in [0.15, 0.2) is 18.7 Å². The van der Waals surface area contributed by atoms with Gasteiger partial charge in [0.1, 0.15) is 0 Å². The van der Waals surface area contributed by atoms with E-state index in [1.165, 1.54) is 6.08 Å². The number of aliphatic carboxylic acids is 1. The van der Waals surface area contributed by atoms with Gasteiger partial charge in [-0.05, 0) is 26.3 Å². The van der Waals surface area contributed by atoms with E-state index in [0.29, 0.717) is 6.42 Å². The second-order valence-corrected chi connectivity index (χ2v) is 4.40. The standard InChI is InChI=1S/C13H20N2O2/c1-5-10-8-11(15(7-3)14-10)9-13(4,6-2)12(16)17/h6,8H,2,5,7,9H2,1,3-4H3,(H,16,17). The summed E-state index contributed by atoms with van der Waals surface area (Å²) >= 11 is 0. The zero-order valence-corrected chi connectivity index (χ0v) is 10.7. The molecule has 0 radical (unpaired) electrons. The Bertz CT molecular complexity index is 423. The highest BCUT2D eigenvalue weighted by molar-refractivity contribution is 5.76. The van der Waals surface area contributed by atoms with Gasteiger partial charge in [-0.25, -0.2) is 0 Å². The van der Waals surface area contributed by atoms with Gasteiger partial charge in [0, 0.05) is 18.7 Å². The van der Waals surface area contributed by atoms with Gasteiger partial charge in [-0.3, -0.25) is 9.48 Å². The Hall–Kier alpha value is -1.58. The van der Waals surface area contributed by atoms with Crippen molar-refractivity contribution >= 4 is 5.97 Å². The van der Waals surface area contributed by atoms with Crippen LogP contribution in [0.1, 0.15) is 32.2 Å². The molecule has 0 saturated carbocycles. The van der Waals surface area contributed by atoms with Crippen LogP contribution < -0.4 is 0 Å². The maximum Gasteiger partial charge on any atom is 0.313 e. The molecule has 0 aliphatic heterocycles. The van der Waals surface area contributed by atoms with Crippen LogP contribution in [0.4, 0.5) is 0 Å². The minimum Gasteiger partial charge on any atom is -0.481 e. The number of carbonyl (C=O) groups is 1. The molecule has 1 aromatic heterocycles. The zero-order chi connectivity index (χ0) is 13.1. The summed E-state index contributed by atoms with van der Waals surface area (Å²) in [7, 11) is 0. The van der Waals surface area contributed by atoms with E-state index >= 15 is 0 Å². The van der Waals surface area contributed by atoms with Crippen LogP contribution in [0, 0.1) is 5.41 Å². The summed E-state index contributed by atoms with van der Waals surface area (Å²) in [5.41, 5.74) is 1.02. The second-order valence-electron chi connectivity index (χ2n) is 4.40. The van der Waals surface area contributed by atoms with Crippen molar-refractivity contribution in [1.29, 1.82) is 0 Å². The van der Waals surface area contributed by atoms with Crippen molar-refractivity contribution in [1.82, 2.24) is 9.78 Å². The number of aromatic nitrogens is 2. The molecule has 0 saturated heterocycles. The number of nitrogens with zero attached hydrogens (tertiary/aromatic N) is 2. The molecule has 1 rings (SSSR count). The predicted molar refractivity (Wildman–Crippen MR) is 66.9 cm³/mol. The molecular formula is C13H20N2O2. The van der Waals surface area contributed by atoms with Gasteiger partial charge in [-0.1, -0.05) is 13.0 Å². The van der Waals surface area contributed by atoms with Gasteiger partial charge >= 0.3 is 5.97 Å². The van der Waals surface area contributed by atoms with E-state index in [1.54, 1.807) is 6.92 Å². The van der Waals surface area contributed by atoms with Crippen molar-refractivity contribution in [3.05, 3.63) is 30.1 Å². The lowest BCUT2D eigenvalue weighted by Crippen LogP contribution is -2.28. The highest BCUT2D eigenvalue weighted by Gasteiger charge is 2.31. The Kier molecular flexibility index (Phi) is 4.10. The molecule has 0 aliphatic carbocycles. The van der Waals surface area contributed by atoms with Crippen LogP contribution in [0.5, 0.6) is 0 Å². The topological polar surface area (TPSA) is 55.1 Å². The Morgan fingerprint density at radius 3 is 2.71 bits per heavy atom. The summed E-state index contributed by atoms with van der Waals surface area (Å²) in [6.45, 7) is 10.1. The third-order valence-corrected chi connectivity index (χ3v) is 3.06. The molecule has 1 aromatic rings. The van der Waals surface area contributed by atoms with Gasteiger partial charge in [0.25, 0.3) is 0 Å². The number of hydrogen-bond donors (Lipinski definition) is 1. The Morgan fingerprint density at radius 2 is 2.29 bits per heavy atom. The average Bonchev–Trinajstić information content (AvgIpc) is 2.70. The van der Waals surface area contributed by atoms with Crippen LogP contribution in [-0.2, 0) is 24.2 Å². The van der Waals surface area contributed by atoms with E-state index in [0.717, 1.165) is 24.4 Å². The summed E-state index contributed by atoms with van der Waals surface area (Å²) in [4.78, 5) is 11.2. The molecule has 1 N–H and O–H groups in total. The third-order valence-electron chi connectivity index (χ3n) is 3.06. The van der Waals surface area contributed by atoms with Crippen LogP contribution in [0.2, 0.25) is 0 Å². The summed E-state index contributed by atoms with van der Waals surface area (Å²) in [5, 5.41) is 13.6. The fourth-order valence-corrected chi connectivity index (χ4v) is 1.72. The molecule has 0 aromatic carbocycles. The third kappa shape index (κ3) is 2.75. The Balaban J connectivity index is 3.04. The molecule has 17 heavy (non-hydrogen) atoms. The smallest absolute Gasteiger partial charge is 0.313 e. The van der Waals surface area contributed by atoms with Crippen molar-refractivity contribution < 1.29 is 9.90 Å². The van der Waals surface area contributed by atoms with E-state index < -0.39 is 11.4 Å². The molecule has 1 atom stereocenters. The molecule has 0 spiro atoms. The summed E-state index contributed by atoms with van der Waals surface area (Å²) < 4.78 is 1.86. The SMILES string of the molecule is C=CC(C)(Cc1cc(CC)nn1CC)C(=O)O. The largest absolute Gasteiger partial charge is 0.481 e. The molecule has 1 unspecified atom stereocenters. The van der Waals surface area contributed by atoms with E-state index in [2.05, 4.69) is 11.7 Å². The lowest BCUT2D eigenvalue weighted by Gasteiger charge is -2.20. The maximum absolute atomic E-state index is 11.2. The monoisotopic (exact) mass is 236 g/mol. The summed E-state index contributed by atoms with van der Waals surface area (Å²) in [6.07, 6.45) is 2.78. The first-order valence-electron chi connectivity index (χ1n) is 5.89. The van der Waals surface area contributed by atoms with Crippen LogP contribution in [-0.4, -0.2) is 20.9 Å². The molecular weight excluding hydrogens is 216 g/mol. The summed E-state index contributed by atoms with van der Waals surface area (Å²) in [5.74, 6) is -0.852. The Labute approximate surface area is 102 Å². The molecule has 0 fully saturated rings. The number of hydrogen-bond acceptors (Lipinski definition) is 2. The van der Waals surface area contributed by atoms with Gasteiger partial charge < -0.3 is 5.11 Å². The van der Waals surface area contributed by atoms with Crippen molar-refractivity contribution in [2.75, 3.05) is 0 Å². The highest BCUT2D eigenvalue weighted by Crippen LogP contribution is 2.24. The van der Waals surface area contributed by atoms with Crippen molar-refractivity contribution in [3.8, 4) is 0 Å². The first kappa shape index (κ1) is 13.5. The molecule has 0 bridgehead atoms. The molecule has 4 nitrogen and oxygen atoms in total. The number of rotatable bonds is 6. The van der Waals surface area contributed by atoms with Crippen molar-refractivity contribution in [2.24, 2.45) is 5.41 Å². The molecule has 4 heteroatoms. The van der Waals surface area contributed by atoms with Gasteiger partial charge in [0.05, 0.1) is 11.1 Å². The fourth-order valence-electron chi connectivity index (χ4n) is 1.72. The maximum atomic E-state index is 11.2. The van der Waals surface area contributed by atoms with Crippen molar-refractivity contribution in [3.63, 3.8) is 0 Å². The van der Waals surface area contributed by atoms with E-state index in [-0.39, 0.29) is 0 Å². The van der Waals surface area contributed by atoms with Gasteiger partial charge in [0.2, 0.25) is 0 Å². The quantitative estimate of drug-likeness (QED) is 0.771. The van der Waals surface area contributed by atoms with Crippen LogP contribution >= 0.6 is 0 Å². The number of carboxylic acid groups (broad SMARTS) is 1. The lowest BCUT2D eigenvalue weighted by molar-refractivity contribution is -0.145. The predicted octanol–water partition coefficient (Wildman–Crippen LogP) is 2.28. The van der Waals surface area contributed by atoms with E-state index in [1.807, 2.05) is 24.6 Å². The average molecular weight is 236 g/mol. The van der Waals surface area contributed by atoms with Crippen molar-refractivity contribution in [2.45, 2.75) is 40.2 Å². The molecule has 0 amide bonds. The molecule has 94 valence electrons. The first-order valence-corrected chi connectivity index (χ1v) is 5.89. The van der Waals surface area contributed by atoms with Crippen LogP contribution in [0.25, 0.3) is 0 Å². The Morgan fingerprint density at radius 1 is 1.65 bits per heavy atom. The lowest BCUT2D eigenvalue weighted by atomic mass is 9.85. The van der Waals surface area contributed by atoms with E-state index in [4.69, 9.17) is 0 Å². The van der Waals surface area contributed by atoms with Crippen LogP contribution in [0.3, 0.4) is 0 Å². The normalized spacial score (nSPS) is 14.3. The van der Waals surface area contributed by atoms with Gasteiger partial charge in [-0.15, -0.1) is 6.58 Å². The van der Waals surface area contributed by atoms with Gasteiger partial charge in [-0.2, -0.15) is 5.10 Å². The van der Waals surface area contributed by atoms with Gasteiger partial charge in [0.15, 0.2) is 0 Å². The molecule has 0 aliphatic rings. The fraction of sp³-hybridized carbons (Fsp3) is 0.538. The molecule has 1 heterocycles. The second kappa shape index (κ2) is 5.17.